The Balaban J connectivity index is 1.57. The molecule has 2 aliphatic rings. The molecule has 1 N–H and O–H groups in total. The molecule has 0 bridgehead atoms. The number of nitrogens with one attached hydrogen (secondary N) is 1. The third-order valence-corrected chi connectivity index (χ3v) is 9.35. The van der Waals surface area contributed by atoms with Crippen LogP contribution < -0.4 is 5.32 Å². The Hall–Kier alpha value is -2.86. The highest BCUT2D eigenvalue weighted by atomic mass is 32.2. The van der Waals surface area contributed by atoms with E-state index in [0.29, 0.717) is 12.1 Å². The van der Waals surface area contributed by atoms with Crippen LogP contribution in [0.1, 0.15) is 47.7 Å². The Morgan fingerprint density at radius 1 is 1.02 bits per heavy atom. The predicted octanol–water partition coefficient (Wildman–Crippen LogP) is 3.54. The average molecular weight is 619 g/mol. The molecule has 1 aromatic heterocycles. The number of benzene rings is 1. The fourth-order valence-corrected chi connectivity index (χ4v) is 6.78. The van der Waals surface area contributed by atoms with Crippen LogP contribution in [0.5, 0.6) is 0 Å². The van der Waals surface area contributed by atoms with Gasteiger partial charge in [-0.15, -0.1) is 5.10 Å². The number of carbonyl (C=O) groups excluding carboxylic acids is 1. The van der Waals surface area contributed by atoms with Crippen molar-refractivity contribution in [2.24, 2.45) is 7.05 Å². The van der Waals surface area contributed by atoms with Gasteiger partial charge in [0.25, 0.3) is 15.9 Å². The molecule has 9 nitrogen and oxygen atoms in total. The van der Waals surface area contributed by atoms with E-state index in [4.69, 9.17) is 0 Å². The third kappa shape index (κ3) is 6.18. The second-order valence-electron chi connectivity index (χ2n) is 10.2. The maximum atomic E-state index is 14.6. The van der Waals surface area contributed by atoms with Crippen molar-refractivity contribution in [2.75, 3.05) is 26.2 Å². The number of piperazine rings is 1. The van der Waals surface area contributed by atoms with Gasteiger partial charge in [-0.1, -0.05) is 5.21 Å². The Morgan fingerprint density at radius 3 is 2.15 bits per heavy atom. The van der Waals surface area contributed by atoms with Crippen molar-refractivity contribution in [1.82, 2.24) is 29.5 Å². The molecule has 1 aromatic carbocycles. The van der Waals surface area contributed by atoms with Crippen LogP contribution in [0.15, 0.2) is 29.4 Å². The first kappa shape index (κ1) is 31.1. The van der Waals surface area contributed by atoms with Crippen molar-refractivity contribution < 1.29 is 48.3 Å². The minimum Gasteiger partial charge on any atom is -0.348 e. The molecule has 1 aliphatic carbocycles. The van der Waals surface area contributed by atoms with Gasteiger partial charge < -0.3 is 5.32 Å². The molecule has 4 rings (SSSR count). The summed E-state index contributed by atoms with van der Waals surface area (Å²) in [5.74, 6) is -4.55. The number of hydrogen-bond acceptors (Lipinski definition) is 6. The molecule has 41 heavy (non-hydrogen) atoms. The number of sulfonamides is 1. The van der Waals surface area contributed by atoms with Gasteiger partial charge in [-0.3, -0.25) is 14.4 Å². The molecule has 2 atom stereocenters. The molecule has 2 aromatic rings. The maximum absolute atomic E-state index is 14.6. The first-order chi connectivity index (χ1) is 18.8. The van der Waals surface area contributed by atoms with E-state index < -0.39 is 75.3 Å². The monoisotopic (exact) mass is 618 g/mol. The van der Waals surface area contributed by atoms with Crippen LogP contribution in [-0.4, -0.2) is 82.2 Å². The maximum Gasteiger partial charge on any atom is 0.417 e. The van der Waals surface area contributed by atoms with Crippen LogP contribution in [0.3, 0.4) is 0 Å². The van der Waals surface area contributed by atoms with Gasteiger partial charge in [0.2, 0.25) is 10.9 Å². The van der Waals surface area contributed by atoms with Gasteiger partial charge in [0.15, 0.2) is 0 Å². The van der Waals surface area contributed by atoms with E-state index in [1.807, 2.05) is 0 Å². The number of nitrogens with zero attached hydrogens (tertiary/aromatic N) is 5. The average Bonchev–Trinajstić information content (AvgIpc) is 3.46. The number of carbonyl (C=O) groups is 1. The van der Waals surface area contributed by atoms with Crippen molar-refractivity contribution in [3.05, 3.63) is 41.1 Å². The smallest absolute Gasteiger partial charge is 0.348 e. The van der Waals surface area contributed by atoms with E-state index >= 15 is 0 Å². The summed E-state index contributed by atoms with van der Waals surface area (Å²) in [6, 6.07) is -0.615. The van der Waals surface area contributed by atoms with Crippen LogP contribution in [0.2, 0.25) is 0 Å². The van der Waals surface area contributed by atoms with E-state index in [-0.39, 0.29) is 43.7 Å². The van der Waals surface area contributed by atoms with Gasteiger partial charge in [-0.2, -0.15) is 30.6 Å². The zero-order valence-corrected chi connectivity index (χ0v) is 22.5. The lowest BCUT2D eigenvalue weighted by molar-refractivity contribution is -0.143. The molecule has 2 unspecified atom stereocenters. The molecule has 0 spiro atoms. The van der Waals surface area contributed by atoms with Crippen LogP contribution in [-0.2, 0) is 29.4 Å². The fourth-order valence-electron chi connectivity index (χ4n) is 5.45. The van der Waals surface area contributed by atoms with Crippen molar-refractivity contribution in [1.29, 1.82) is 0 Å². The van der Waals surface area contributed by atoms with Crippen LogP contribution in [0.4, 0.5) is 35.1 Å². The Kier molecular flexibility index (Phi) is 7.92. The van der Waals surface area contributed by atoms with Gasteiger partial charge in [-0.25, -0.2) is 17.2 Å². The summed E-state index contributed by atoms with van der Waals surface area (Å²) in [4.78, 5) is 14.6. The third-order valence-electron chi connectivity index (χ3n) is 7.59. The van der Waals surface area contributed by atoms with Gasteiger partial charge in [0.1, 0.15) is 0 Å². The van der Waals surface area contributed by atoms with Crippen LogP contribution in [0, 0.1) is 0 Å². The number of aromatic nitrogens is 3. The van der Waals surface area contributed by atoms with Crippen molar-refractivity contribution in [3.8, 4) is 0 Å². The largest absolute Gasteiger partial charge is 0.417 e. The predicted molar refractivity (Wildman–Crippen MR) is 126 cm³/mol. The highest BCUT2D eigenvalue weighted by molar-refractivity contribution is 7.89. The normalized spacial score (nSPS) is 23.5. The summed E-state index contributed by atoms with van der Waals surface area (Å²) in [5, 5.41) is 9.21. The lowest BCUT2D eigenvalue weighted by Crippen LogP contribution is -2.64. The molecule has 1 saturated heterocycles. The molecular formula is C23H26F8N6O3S. The van der Waals surface area contributed by atoms with Gasteiger partial charge in [0.05, 0.1) is 22.9 Å². The topological polar surface area (TPSA) is 100 Å². The molecule has 18 heteroatoms. The summed E-state index contributed by atoms with van der Waals surface area (Å²) in [5.41, 5.74) is -5.97. The molecule has 1 amide bonds. The Morgan fingerprint density at radius 2 is 1.66 bits per heavy atom. The molecule has 2 fully saturated rings. The van der Waals surface area contributed by atoms with Crippen molar-refractivity contribution in [2.45, 2.75) is 61.1 Å². The summed E-state index contributed by atoms with van der Waals surface area (Å²) < 4.78 is 137. The second kappa shape index (κ2) is 10.4. The fraction of sp³-hybridized carbons (Fsp3) is 0.609. The van der Waals surface area contributed by atoms with Gasteiger partial charge in [0, 0.05) is 57.6 Å². The first-order valence-corrected chi connectivity index (χ1v) is 13.8. The number of rotatable bonds is 6. The minimum absolute atomic E-state index is 0.0378. The standard InChI is InChI=1S/C23H26F8N6O3S/c1-14(32-19(38)16-4-3-15(22(26,27)28)11-17(16)23(29,30)31)20(5-6-21(24,25)13-20)36-7-9-37(10-8-36)41(39,40)18-12-35(2)34-33-18/h3-4,11-12,14H,5-10,13H2,1-2H3,(H,32,38). The van der Waals surface area contributed by atoms with E-state index in [1.165, 1.54) is 24.9 Å². The Labute approximate surface area is 229 Å². The minimum atomic E-state index is -5.31. The Bertz CT molecular complexity index is 1400. The first-order valence-electron chi connectivity index (χ1n) is 12.3. The van der Waals surface area contributed by atoms with Crippen molar-refractivity contribution >= 4 is 15.9 Å². The quantitative estimate of drug-likeness (QED) is 0.498. The zero-order valence-electron chi connectivity index (χ0n) is 21.7. The summed E-state index contributed by atoms with van der Waals surface area (Å²) in [7, 11) is -2.55. The summed E-state index contributed by atoms with van der Waals surface area (Å²) in [6.07, 6.45) is -10.7. The second-order valence-corrected chi connectivity index (χ2v) is 12.1. The van der Waals surface area contributed by atoms with Gasteiger partial charge >= 0.3 is 12.4 Å². The number of amides is 1. The molecule has 228 valence electrons. The number of halogens is 8. The molecular weight excluding hydrogens is 592 g/mol. The molecule has 2 heterocycles. The van der Waals surface area contributed by atoms with Gasteiger partial charge in [-0.05, 0) is 31.5 Å². The molecule has 0 radical (unpaired) electrons. The lowest BCUT2D eigenvalue weighted by Gasteiger charge is -2.48. The van der Waals surface area contributed by atoms with Crippen molar-refractivity contribution in [3.63, 3.8) is 0 Å². The number of hydrogen-bond donors (Lipinski definition) is 1. The lowest BCUT2D eigenvalue weighted by atomic mass is 9.85. The van der Waals surface area contributed by atoms with E-state index in [9.17, 15) is 48.3 Å². The molecule has 1 saturated carbocycles. The zero-order chi connectivity index (χ0) is 30.6. The van der Waals surface area contributed by atoms with E-state index in [1.54, 1.807) is 4.90 Å². The SMILES string of the molecule is CC(NC(=O)c1ccc(C(F)(F)F)cc1C(F)(F)F)C1(N2CCN(S(=O)(=O)c3cn(C)nn3)CC2)CCC(F)(F)C1. The van der Waals surface area contributed by atoms with Crippen LogP contribution in [0.25, 0.3) is 0 Å². The number of alkyl halides is 8. The summed E-state index contributed by atoms with van der Waals surface area (Å²) in [6.45, 7) is 1.01. The highest BCUT2D eigenvalue weighted by Gasteiger charge is 2.56. The molecule has 1 aliphatic heterocycles. The number of aryl methyl sites for hydroxylation is 1. The van der Waals surface area contributed by atoms with E-state index in [2.05, 4.69) is 15.6 Å². The van der Waals surface area contributed by atoms with E-state index in [0.717, 1.165) is 4.31 Å². The summed E-state index contributed by atoms with van der Waals surface area (Å²) >= 11 is 0. The van der Waals surface area contributed by atoms with Crippen LogP contribution >= 0.6 is 0 Å². The highest BCUT2D eigenvalue weighted by Crippen LogP contribution is 2.47.